The Hall–Kier alpha value is -2.69. The van der Waals surface area contributed by atoms with Gasteiger partial charge in [0.15, 0.2) is 0 Å². The number of fused-ring (bicyclic) bond motifs is 1. The molecule has 1 saturated carbocycles. The van der Waals surface area contributed by atoms with E-state index in [0.717, 1.165) is 17.8 Å². The molecule has 0 aliphatic heterocycles. The minimum Gasteiger partial charge on any atom is -0.321 e. The lowest BCUT2D eigenvalue weighted by atomic mass is 9.83. The predicted octanol–water partition coefficient (Wildman–Crippen LogP) is 5.40. The molecule has 1 aromatic carbocycles. The molecule has 0 atom stereocenters. The summed E-state index contributed by atoms with van der Waals surface area (Å²) in [5, 5.41) is 2.90. The van der Waals surface area contributed by atoms with E-state index in [1.54, 1.807) is 6.07 Å². The summed E-state index contributed by atoms with van der Waals surface area (Å²) in [6.07, 6.45) is 9.59. The molecule has 2 aromatic heterocycles. The molecule has 0 unspecified atom stereocenters. The molecular weight excluding hydrogens is 360 g/mol. The van der Waals surface area contributed by atoms with E-state index in [4.69, 9.17) is 4.98 Å². The molecule has 1 amide bonds. The van der Waals surface area contributed by atoms with Crippen LogP contribution in [-0.4, -0.2) is 20.3 Å². The van der Waals surface area contributed by atoms with Gasteiger partial charge in [0.2, 0.25) is 5.78 Å². The van der Waals surface area contributed by atoms with Gasteiger partial charge in [-0.25, -0.2) is 9.97 Å². The third kappa shape index (κ3) is 4.34. The van der Waals surface area contributed by atoms with Crippen LogP contribution in [0.2, 0.25) is 0 Å². The third-order valence-corrected chi connectivity index (χ3v) is 5.77. The number of aromatic nitrogens is 3. The van der Waals surface area contributed by atoms with Crippen molar-refractivity contribution in [2.24, 2.45) is 5.92 Å². The van der Waals surface area contributed by atoms with Crippen LogP contribution in [0, 0.1) is 5.92 Å². The smallest absolute Gasteiger partial charge is 0.274 e. The lowest BCUT2D eigenvalue weighted by Gasteiger charge is -2.24. The molecule has 5 heteroatoms. The van der Waals surface area contributed by atoms with Gasteiger partial charge >= 0.3 is 0 Å². The highest BCUT2D eigenvalue weighted by molar-refractivity contribution is 6.03. The van der Waals surface area contributed by atoms with E-state index in [-0.39, 0.29) is 11.3 Å². The number of benzene rings is 1. The van der Waals surface area contributed by atoms with Gasteiger partial charge in [0.25, 0.3) is 5.91 Å². The Balaban J connectivity index is 1.66. The molecule has 3 aromatic rings. The van der Waals surface area contributed by atoms with Crippen LogP contribution in [0.3, 0.4) is 0 Å². The standard InChI is InChI=1S/C24H30N4O/c1-24(2,3)21-20(16-17-10-6-4-7-11-17)28-15-14-19(26-23(28)27-21)22(29)25-18-12-8-5-9-13-18/h5,8-9,12-15,17H,4,6-7,10-11,16H2,1-3H3,(H,25,29). The van der Waals surface area contributed by atoms with Gasteiger partial charge in [-0.05, 0) is 30.5 Å². The van der Waals surface area contributed by atoms with Crippen LogP contribution in [0.1, 0.15) is 74.8 Å². The maximum absolute atomic E-state index is 12.7. The van der Waals surface area contributed by atoms with Crippen molar-refractivity contribution in [3.8, 4) is 0 Å². The van der Waals surface area contributed by atoms with Crippen molar-refractivity contribution in [2.75, 3.05) is 5.32 Å². The number of anilines is 1. The first kappa shape index (κ1) is 19.6. The van der Waals surface area contributed by atoms with E-state index in [0.29, 0.717) is 17.4 Å². The van der Waals surface area contributed by atoms with Crippen LogP contribution in [0.5, 0.6) is 0 Å². The average molecular weight is 391 g/mol. The maximum atomic E-state index is 12.7. The monoisotopic (exact) mass is 390 g/mol. The van der Waals surface area contributed by atoms with E-state index in [1.807, 2.05) is 36.5 Å². The number of hydrogen-bond acceptors (Lipinski definition) is 3. The first-order valence-electron chi connectivity index (χ1n) is 10.7. The minimum atomic E-state index is -0.215. The number of nitrogens with zero attached hydrogens (tertiary/aromatic N) is 3. The largest absolute Gasteiger partial charge is 0.321 e. The number of para-hydroxylation sites is 1. The Morgan fingerprint density at radius 2 is 1.79 bits per heavy atom. The maximum Gasteiger partial charge on any atom is 0.274 e. The summed E-state index contributed by atoms with van der Waals surface area (Å²) < 4.78 is 2.09. The Morgan fingerprint density at radius 1 is 1.07 bits per heavy atom. The summed E-state index contributed by atoms with van der Waals surface area (Å²) in [4.78, 5) is 22.1. The van der Waals surface area contributed by atoms with Gasteiger partial charge in [-0.1, -0.05) is 71.1 Å². The summed E-state index contributed by atoms with van der Waals surface area (Å²) in [7, 11) is 0. The predicted molar refractivity (Wildman–Crippen MR) is 116 cm³/mol. The van der Waals surface area contributed by atoms with Crippen LogP contribution in [-0.2, 0) is 11.8 Å². The summed E-state index contributed by atoms with van der Waals surface area (Å²) in [6.45, 7) is 6.59. The Labute approximate surface area is 172 Å². The van der Waals surface area contributed by atoms with Crippen molar-refractivity contribution in [3.63, 3.8) is 0 Å². The lowest BCUT2D eigenvalue weighted by Crippen LogP contribution is -2.18. The zero-order chi connectivity index (χ0) is 20.4. The molecule has 2 heterocycles. The SMILES string of the molecule is CC(C)(C)c1nc2nc(C(=O)Nc3ccccc3)ccn2c1CC1CCCCC1. The van der Waals surface area contributed by atoms with Gasteiger partial charge in [-0.2, -0.15) is 0 Å². The van der Waals surface area contributed by atoms with Crippen LogP contribution < -0.4 is 5.32 Å². The highest BCUT2D eigenvalue weighted by Gasteiger charge is 2.27. The molecule has 0 saturated heterocycles. The van der Waals surface area contributed by atoms with E-state index in [1.165, 1.54) is 37.8 Å². The summed E-state index contributed by atoms with van der Waals surface area (Å²) >= 11 is 0. The number of carbonyl (C=O) groups excluding carboxylic acids is 1. The molecule has 1 aliphatic rings. The fourth-order valence-corrected chi connectivity index (χ4v) is 4.28. The first-order chi connectivity index (χ1) is 13.9. The normalized spacial score (nSPS) is 15.6. The highest BCUT2D eigenvalue weighted by Crippen LogP contribution is 2.32. The van der Waals surface area contributed by atoms with Gasteiger partial charge in [0.1, 0.15) is 5.69 Å². The topological polar surface area (TPSA) is 59.3 Å². The average Bonchev–Trinajstić information content (AvgIpc) is 3.08. The van der Waals surface area contributed by atoms with E-state index < -0.39 is 0 Å². The van der Waals surface area contributed by atoms with E-state index >= 15 is 0 Å². The number of hydrogen-bond donors (Lipinski definition) is 1. The van der Waals surface area contributed by atoms with Crippen molar-refractivity contribution >= 4 is 17.4 Å². The number of amides is 1. The molecule has 152 valence electrons. The second-order valence-corrected chi connectivity index (χ2v) is 9.17. The third-order valence-electron chi connectivity index (χ3n) is 5.77. The zero-order valence-corrected chi connectivity index (χ0v) is 17.6. The molecule has 0 bridgehead atoms. The summed E-state index contributed by atoms with van der Waals surface area (Å²) in [5.74, 6) is 1.11. The van der Waals surface area contributed by atoms with Crippen molar-refractivity contribution in [1.82, 2.24) is 14.4 Å². The molecule has 1 aliphatic carbocycles. The van der Waals surface area contributed by atoms with E-state index in [9.17, 15) is 4.79 Å². The van der Waals surface area contributed by atoms with Gasteiger partial charge in [-0.15, -0.1) is 0 Å². The fraction of sp³-hybridized carbons (Fsp3) is 0.458. The number of nitrogens with one attached hydrogen (secondary N) is 1. The van der Waals surface area contributed by atoms with Gasteiger partial charge in [0.05, 0.1) is 5.69 Å². The summed E-state index contributed by atoms with van der Waals surface area (Å²) in [6, 6.07) is 11.2. The van der Waals surface area contributed by atoms with Crippen LogP contribution >= 0.6 is 0 Å². The van der Waals surface area contributed by atoms with Crippen LogP contribution in [0.15, 0.2) is 42.6 Å². The summed E-state index contributed by atoms with van der Waals surface area (Å²) in [5.41, 5.74) is 3.43. The van der Waals surface area contributed by atoms with Gasteiger partial charge < -0.3 is 5.32 Å². The van der Waals surface area contributed by atoms with Crippen molar-refractivity contribution in [2.45, 2.75) is 64.7 Å². The second kappa shape index (κ2) is 7.97. The molecule has 5 nitrogen and oxygen atoms in total. The molecule has 4 rings (SSSR count). The molecule has 29 heavy (non-hydrogen) atoms. The van der Waals surface area contributed by atoms with Crippen molar-refractivity contribution in [1.29, 1.82) is 0 Å². The molecule has 1 fully saturated rings. The number of imidazole rings is 1. The van der Waals surface area contributed by atoms with Crippen molar-refractivity contribution in [3.05, 3.63) is 59.7 Å². The Bertz CT molecular complexity index is 995. The second-order valence-electron chi connectivity index (χ2n) is 9.17. The van der Waals surface area contributed by atoms with Crippen molar-refractivity contribution < 1.29 is 4.79 Å². The molecular formula is C24H30N4O. The molecule has 0 radical (unpaired) electrons. The Morgan fingerprint density at radius 3 is 2.48 bits per heavy atom. The number of carbonyl (C=O) groups is 1. The highest BCUT2D eigenvalue weighted by atomic mass is 16.1. The molecule has 0 spiro atoms. The van der Waals surface area contributed by atoms with Gasteiger partial charge in [0, 0.05) is 23.0 Å². The lowest BCUT2D eigenvalue weighted by molar-refractivity contribution is 0.102. The number of rotatable bonds is 4. The molecule has 1 N–H and O–H groups in total. The van der Waals surface area contributed by atoms with Crippen LogP contribution in [0.4, 0.5) is 5.69 Å². The van der Waals surface area contributed by atoms with E-state index in [2.05, 4.69) is 35.5 Å². The quantitative estimate of drug-likeness (QED) is 0.649. The zero-order valence-electron chi connectivity index (χ0n) is 17.6. The Kier molecular flexibility index (Phi) is 5.39. The van der Waals surface area contributed by atoms with Gasteiger partial charge in [-0.3, -0.25) is 9.20 Å². The minimum absolute atomic E-state index is 0.0653. The fourth-order valence-electron chi connectivity index (χ4n) is 4.28. The first-order valence-corrected chi connectivity index (χ1v) is 10.7. The van der Waals surface area contributed by atoms with Crippen LogP contribution in [0.25, 0.3) is 5.78 Å².